The van der Waals surface area contributed by atoms with Crippen LogP contribution in [0.25, 0.3) is 0 Å². The number of phenolic OH excluding ortho intramolecular Hbond substituents is 1. The van der Waals surface area contributed by atoms with Crippen molar-refractivity contribution < 1.29 is 19.4 Å². The fraction of sp³-hybridized carbons (Fsp3) is 0.500. The number of aromatic hydroxyl groups is 1. The van der Waals surface area contributed by atoms with E-state index in [2.05, 4.69) is 0 Å². The topological polar surface area (TPSA) is 59.0 Å². The summed E-state index contributed by atoms with van der Waals surface area (Å²) in [5.74, 6) is 0.180. The molecule has 1 aliphatic rings. The Morgan fingerprint density at radius 1 is 1.50 bits per heavy atom. The number of thiocarbonyl (C=S) groups is 1. The smallest absolute Gasteiger partial charge is 0.310 e. The largest absolute Gasteiger partial charge is 0.504 e. The normalized spacial score (nSPS) is 17.9. The fourth-order valence-electron chi connectivity index (χ4n) is 2.61. The summed E-state index contributed by atoms with van der Waals surface area (Å²) in [6.45, 7) is 3.60. The summed E-state index contributed by atoms with van der Waals surface area (Å²) in [7, 11) is 1.50. The van der Waals surface area contributed by atoms with Gasteiger partial charge in [-0.25, -0.2) is 0 Å². The maximum atomic E-state index is 11.9. The number of methoxy groups -OCH3 is 1. The van der Waals surface area contributed by atoms with Gasteiger partial charge in [-0.3, -0.25) is 4.79 Å². The molecule has 22 heavy (non-hydrogen) atoms. The van der Waals surface area contributed by atoms with Gasteiger partial charge in [-0.1, -0.05) is 12.2 Å². The highest BCUT2D eigenvalue weighted by Gasteiger charge is 2.28. The molecule has 1 aromatic carbocycles. The van der Waals surface area contributed by atoms with Crippen molar-refractivity contribution in [3.8, 4) is 11.5 Å². The zero-order chi connectivity index (χ0) is 16.1. The molecule has 0 amide bonds. The van der Waals surface area contributed by atoms with E-state index in [0.29, 0.717) is 23.9 Å². The van der Waals surface area contributed by atoms with Gasteiger partial charge in [-0.15, -0.1) is 0 Å². The Morgan fingerprint density at radius 2 is 2.27 bits per heavy atom. The van der Waals surface area contributed by atoms with Crippen molar-refractivity contribution in [1.29, 1.82) is 0 Å². The minimum absolute atomic E-state index is 0.0806. The van der Waals surface area contributed by atoms with Gasteiger partial charge in [0.15, 0.2) is 11.5 Å². The average molecular weight is 323 g/mol. The number of ether oxygens (including phenoxy) is 2. The van der Waals surface area contributed by atoms with Gasteiger partial charge < -0.3 is 19.5 Å². The predicted octanol–water partition coefficient (Wildman–Crippen LogP) is 2.35. The number of likely N-dealkylation sites (tertiary alicyclic amines) is 1. The Balaban J connectivity index is 2.10. The molecule has 0 unspecified atom stereocenters. The Labute approximate surface area is 135 Å². The molecule has 1 atom stereocenters. The van der Waals surface area contributed by atoms with Crippen LogP contribution in [-0.2, 0) is 9.53 Å². The van der Waals surface area contributed by atoms with Crippen molar-refractivity contribution in [2.45, 2.75) is 19.8 Å². The summed E-state index contributed by atoms with van der Waals surface area (Å²) in [6, 6.07) is 5.03. The van der Waals surface area contributed by atoms with Crippen LogP contribution >= 0.6 is 12.2 Å². The van der Waals surface area contributed by atoms with Gasteiger partial charge in [0.25, 0.3) is 0 Å². The SMILES string of the molecule is CCOC(=O)[C@H]1CCCN(C(=S)c2ccc(O)c(OC)c2)C1. The monoisotopic (exact) mass is 323 g/mol. The van der Waals surface area contributed by atoms with E-state index >= 15 is 0 Å². The lowest BCUT2D eigenvalue weighted by atomic mass is 9.97. The molecular formula is C16H21NO4S. The third kappa shape index (κ3) is 3.68. The molecular weight excluding hydrogens is 302 g/mol. The van der Waals surface area contributed by atoms with Gasteiger partial charge in [0.1, 0.15) is 4.99 Å². The molecule has 1 saturated heterocycles. The second-order valence-corrected chi connectivity index (χ2v) is 5.62. The van der Waals surface area contributed by atoms with Crippen molar-refractivity contribution in [2.24, 2.45) is 5.92 Å². The first-order valence-corrected chi connectivity index (χ1v) is 7.80. The molecule has 0 radical (unpaired) electrons. The Hall–Kier alpha value is -1.82. The lowest BCUT2D eigenvalue weighted by Crippen LogP contribution is -2.42. The lowest BCUT2D eigenvalue weighted by Gasteiger charge is -2.33. The molecule has 1 heterocycles. The lowest BCUT2D eigenvalue weighted by molar-refractivity contribution is -0.149. The number of hydrogen-bond donors (Lipinski definition) is 1. The summed E-state index contributed by atoms with van der Waals surface area (Å²) in [4.78, 5) is 14.6. The summed E-state index contributed by atoms with van der Waals surface area (Å²) in [5, 5.41) is 9.66. The van der Waals surface area contributed by atoms with Crippen molar-refractivity contribution in [1.82, 2.24) is 4.90 Å². The minimum Gasteiger partial charge on any atom is -0.504 e. The maximum Gasteiger partial charge on any atom is 0.310 e. The average Bonchev–Trinajstić information content (AvgIpc) is 2.55. The van der Waals surface area contributed by atoms with Crippen LogP contribution in [0.4, 0.5) is 0 Å². The van der Waals surface area contributed by atoms with Gasteiger partial charge >= 0.3 is 5.97 Å². The van der Waals surface area contributed by atoms with Crippen LogP contribution in [0, 0.1) is 5.92 Å². The molecule has 1 aromatic rings. The van der Waals surface area contributed by atoms with Crippen LogP contribution in [0.1, 0.15) is 25.3 Å². The molecule has 0 aliphatic carbocycles. The van der Waals surface area contributed by atoms with E-state index in [9.17, 15) is 9.90 Å². The first-order chi connectivity index (χ1) is 10.6. The Kier molecular flexibility index (Phi) is 5.60. The van der Waals surface area contributed by atoms with E-state index in [1.807, 2.05) is 11.8 Å². The molecule has 1 N–H and O–H groups in total. The molecule has 1 fully saturated rings. The molecule has 120 valence electrons. The van der Waals surface area contributed by atoms with Crippen molar-refractivity contribution in [3.05, 3.63) is 23.8 Å². The Bertz CT molecular complexity index is 561. The number of benzene rings is 1. The summed E-state index contributed by atoms with van der Waals surface area (Å²) in [5.41, 5.74) is 0.800. The highest BCUT2D eigenvalue weighted by atomic mass is 32.1. The number of carbonyl (C=O) groups excluding carboxylic acids is 1. The van der Waals surface area contributed by atoms with Crippen molar-refractivity contribution in [3.63, 3.8) is 0 Å². The number of phenols is 1. The summed E-state index contributed by atoms with van der Waals surface area (Å²) in [6.07, 6.45) is 1.73. The predicted molar refractivity (Wildman–Crippen MR) is 87.3 cm³/mol. The van der Waals surface area contributed by atoms with Gasteiger partial charge in [0.2, 0.25) is 0 Å². The maximum absolute atomic E-state index is 11.9. The van der Waals surface area contributed by atoms with Gasteiger partial charge in [0, 0.05) is 18.7 Å². The second kappa shape index (κ2) is 7.45. The van der Waals surface area contributed by atoms with Crippen LogP contribution in [-0.4, -0.2) is 47.8 Å². The Morgan fingerprint density at radius 3 is 2.95 bits per heavy atom. The summed E-state index contributed by atoms with van der Waals surface area (Å²) < 4.78 is 10.2. The molecule has 0 saturated carbocycles. The number of hydrogen-bond acceptors (Lipinski definition) is 5. The molecule has 0 spiro atoms. The zero-order valence-electron chi connectivity index (χ0n) is 12.9. The van der Waals surface area contributed by atoms with Crippen molar-refractivity contribution >= 4 is 23.2 Å². The minimum atomic E-state index is -0.154. The number of carbonyl (C=O) groups is 1. The van der Waals surface area contributed by atoms with Crippen molar-refractivity contribution in [2.75, 3.05) is 26.8 Å². The van der Waals surface area contributed by atoms with E-state index in [1.165, 1.54) is 7.11 Å². The highest BCUT2D eigenvalue weighted by molar-refractivity contribution is 7.80. The first kappa shape index (κ1) is 16.5. The van der Waals surface area contributed by atoms with E-state index in [-0.39, 0.29) is 17.6 Å². The quantitative estimate of drug-likeness (QED) is 0.678. The third-order valence-corrected chi connectivity index (χ3v) is 4.25. The van der Waals surface area contributed by atoms with Crippen LogP contribution in [0.2, 0.25) is 0 Å². The number of rotatable bonds is 4. The van der Waals surface area contributed by atoms with E-state index in [0.717, 1.165) is 24.9 Å². The molecule has 0 aromatic heterocycles. The van der Waals surface area contributed by atoms with Gasteiger partial charge in [-0.05, 0) is 38.0 Å². The van der Waals surface area contributed by atoms with Crippen LogP contribution < -0.4 is 4.74 Å². The van der Waals surface area contributed by atoms with E-state index in [4.69, 9.17) is 21.7 Å². The zero-order valence-corrected chi connectivity index (χ0v) is 13.7. The second-order valence-electron chi connectivity index (χ2n) is 5.23. The molecule has 5 nitrogen and oxygen atoms in total. The fourth-order valence-corrected chi connectivity index (χ4v) is 2.90. The van der Waals surface area contributed by atoms with Crippen LogP contribution in [0.3, 0.4) is 0 Å². The van der Waals surface area contributed by atoms with E-state index in [1.54, 1.807) is 18.2 Å². The highest BCUT2D eigenvalue weighted by Crippen LogP contribution is 2.28. The number of piperidine rings is 1. The van der Waals surface area contributed by atoms with Crippen LogP contribution in [0.15, 0.2) is 18.2 Å². The number of nitrogens with zero attached hydrogens (tertiary/aromatic N) is 1. The molecule has 2 rings (SSSR count). The van der Waals surface area contributed by atoms with Gasteiger partial charge in [-0.2, -0.15) is 0 Å². The molecule has 6 heteroatoms. The molecule has 1 aliphatic heterocycles. The van der Waals surface area contributed by atoms with Gasteiger partial charge in [0.05, 0.1) is 19.6 Å². The standard InChI is InChI=1S/C16H21NO4S/c1-3-21-16(19)12-5-4-8-17(10-12)15(22)11-6-7-13(18)14(9-11)20-2/h6-7,9,12,18H,3-5,8,10H2,1-2H3/t12-/m0/s1. The molecule has 0 bridgehead atoms. The summed E-state index contributed by atoms with van der Waals surface area (Å²) >= 11 is 5.53. The van der Waals surface area contributed by atoms with E-state index < -0.39 is 0 Å². The van der Waals surface area contributed by atoms with Crippen LogP contribution in [0.5, 0.6) is 11.5 Å². The number of esters is 1. The first-order valence-electron chi connectivity index (χ1n) is 7.39. The third-order valence-electron chi connectivity index (χ3n) is 3.76.